The fourth-order valence-electron chi connectivity index (χ4n) is 3.17. The molecule has 1 heterocycles. The summed E-state index contributed by atoms with van der Waals surface area (Å²) in [7, 11) is -1.01. The minimum atomic E-state index is -3.84. The molecule has 0 aliphatic rings. The van der Waals surface area contributed by atoms with Crippen LogP contribution in [0.2, 0.25) is 0 Å². The van der Waals surface area contributed by atoms with Crippen LogP contribution in [0.25, 0.3) is 0 Å². The van der Waals surface area contributed by atoms with E-state index in [1.165, 1.54) is 32.8 Å². The van der Waals surface area contributed by atoms with E-state index in [-0.39, 0.29) is 30.5 Å². The molecule has 3 aromatic rings. The number of hydrazone groups is 1. The number of amides is 2. The Kier molecular flexibility index (Phi) is 9.71. The molecule has 1 aromatic heterocycles. The lowest BCUT2D eigenvalue weighted by molar-refractivity contribution is -0.123. The van der Waals surface area contributed by atoms with Crippen molar-refractivity contribution >= 4 is 33.7 Å². The van der Waals surface area contributed by atoms with Crippen LogP contribution in [0.1, 0.15) is 11.3 Å². The fourth-order valence-corrected chi connectivity index (χ4v) is 4.02. The zero-order valence-electron chi connectivity index (χ0n) is 21.0. The standard InChI is InChI=1S/C25H28N4O8S/c1-34-20-10-11-23(35-2)22(13-20)29(38(3,32)33)16-24(30)28-27-14-18-6-8-19(9-7-18)37-17-25(31)26-15-21-5-4-12-36-21/h4-14H,15-17H2,1-3H3,(H,26,31)(H,28,30)/b27-14-. The van der Waals surface area contributed by atoms with Crippen LogP contribution in [0, 0.1) is 0 Å². The van der Waals surface area contributed by atoms with E-state index in [1.54, 1.807) is 48.5 Å². The van der Waals surface area contributed by atoms with Crippen molar-refractivity contribution in [2.75, 3.05) is 37.9 Å². The molecular weight excluding hydrogens is 516 g/mol. The predicted molar refractivity (Wildman–Crippen MR) is 140 cm³/mol. The third-order valence-electron chi connectivity index (χ3n) is 5.04. The molecule has 0 aliphatic heterocycles. The average molecular weight is 545 g/mol. The molecule has 3 rings (SSSR count). The third-order valence-corrected chi connectivity index (χ3v) is 6.16. The highest BCUT2D eigenvalue weighted by molar-refractivity contribution is 7.92. The molecule has 0 saturated heterocycles. The fraction of sp³-hybridized carbons (Fsp3) is 0.240. The molecular formula is C25H28N4O8S. The average Bonchev–Trinajstić information content (AvgIpc) is 3.43. The Morgan fingerprint density at radius 2 is 1.76 bits per heavy atom. The van der Waals surface area contributed by atoms with Crippen molar-refractivity contribution in [3.05, 3.63) is 72.2 Å². The van der Waals surface area contributed by atoms with Crippen LogP contribution in [-0.4, -0.2) is 60.1 Å². The van der Waals surface area contributed by atoms with E-state index in [2.05, 4.69) is 15.8 Å². The SMILES string of the molecule is COc1ccc(OC)c(N(CC(=O)N/N=C\c2ccc(OCC(=O)NCc3ccco3)cc2)S(C)(=O)=O)c1. The van der Waals surface area contributed by atoms with Crippen LogP contribution in [0.15, 0.2) is 70.4 Å². The Labute approximate surface area is 220 Å². The Morgan fingerprint density at radius 1 is 1.03 bits per heavy atom. The van der Waals surface area contributed by atoms with Gasteiger partial charge < -0.3 is 23.9 Å². The molecule has 2 amide bonds. The number of methoxy groups -OCH3 is 2. The highest BCUT2D eigenvalue weighted by atomic mass is 32.2. The van der Waals surface area contributed by atoms with Gasteiger partial charge in [0.15, 0.2) is 6.61 Å². The predicted octanol–water partition coefficient (Wildman–Crippen LogP) is 1.91. The van der Waals surface area contributed by atoms with E-state index in [0.717, 1.165) is 10.6 Å². The van der Waals surface area contributed by atoms with Crippen LogP contribution in [0.5, 0.6) is 17.2 Å². The Bertz CT molecular complexity index is 1360. The number of rotatable bonds is 13. The zero-order chi connectivity index (χ0) is 27.5. The van der Waals surface area contributed by atoms with Crippen LogP contribution >= 0.6 is 0 Å². The van der Waals surface area contributed by atoms with Gasteiger partial charge in [0, 0.05) is 6.07 Å². The molecule has 13 heteroatoms. The van der Waals surface area contributed by atoms with Crippen molar-refractivity contribution in [2.24, 2.45) is 5.10 Å². The van der Waals surface area contributed by atoms with Gasteiger partial charge in [0.2, 0.25) is 10.0 Å². The second-order valence-electron chi connectivity index (χ2n) is 7.81. The maximum atomic E-state index is 12.5. The van der Waals surface area contributed by atoms with Gasteiger partial charge in [0.05, 0.1) is 45.2 Å². The van der Waals surface area contributed by atoms with E-state index in [9.17, 15) is 18.0 Å². The quantitative estimate of drug-likeness (QED) is 0.245. The summed E-state index contributed by atoms with van der Waals surface area (Å²) in [4.78, 5) is 24.4. The number of ether oxygens (including phenoxy) is 3. The lowest BCUT2D eigenvalue weighted by Crippen LogP contribution is -2.39. The summed E-state index contributed by atoms with van der Waals surface area (Å²) < 4.78 is 46.7. The second kappa shape index (κ2) is 13.1. The number of furan rings is 1. The van der Waals surface area contributed by atoms with Crippen molar-refractivity contribution in [2.45, 2.75) is 6.54 Å². The van der Waals surface area contributed by atoms with Crippen LogP contribution < -0.4 is 29.3 Å². The largest absolute Gasteiger partial charge is 0.497 e. The maximum absolute atomic E-state index is 12.5. The summed E-state index contributed by atoms with van der Waals surface area (Å²) in [5.74, 6) is 0.787. The molecule has 0 saturated carbocycles. The zero-order valence-corrected chi connectivity index (χ0v) is 21.9. The van der Waals surface area contributed by atoms with Crippen molar-refractivity contribution in [1.82, 2.24) is 10.7 Å². The first-order valence-corrected chi connectivity index (χ1v) is 13.1. The number of carbonyl (C=O) groups excluding carboxylic acids is 2. The monoisotopic (exact) mass is 544 g/mol. The topological polar surface area (TPSA) is 149 Å². The van der Waals surface area contributed by atoms with E-state index < -0.39 is 22.5 Å². The minimum Gasteiger partial charge on any atom is -0.497 e. The number of benzene rings is 2. The summed E-state index contributed by atoms with van der Waals surface area (Å²) in [6.07, 6.45) is 3.89. The van der Waals surface area contributed by atoms with E-state index in [4.69, 9.17) is 18.6 Å². The van der Waals surface area contributed by atoms with Crippen LogP contribution in [0.3, 0.4) is 0 Å². The summed E-state index contributed by atoms with van der Waals surface area (Å²) in [5, 5.41) is 6.56. The Hall–Kier alpha value is -4.52. The molecule has 0 fully saturated rings. The highest BCUT2D eigenvalue weighted by Crippen LogP contribution is 2.33. The molecule has 202 valence electrons. The number of carbonyl (C=O) groups is 2. The molecule has 12 nitrogen and oxygen atoms in total. The van der Waals surface area contributed by atoms with Gasteiger partial charge >= 0.3 is 0 Å². The number of hydrogen-bond donors (Lipinski definition) is 2. The lowest BCUT2D eigenvalue weighted by atomic mass is 10.2. The number of anilines is 1. The first-order chi connectivity index (χ1) is 18.2. The van der Waals surface area contributed by atoms with Gasteiger partial charge in [-0.25, -0.2) is 13.8 Å². The molecule has 0 bridgehead atoms. The summed E-state index contributed by atoms with van der Waals surface area (Å²) in [6, 6.07) is 14.7. The van der Waals surface area contributed by atoms with Gasteiger partial charge in [-0.15, -0.1) is 0 Å². The molecule has 0 unspecified atom stereocenters. The Balaban J connectivity index is 1.53. The van der Waals surface area contributed by atoms with Gasteiger partial charge in [0.25, 0.3) is 11.8 Å². The van der Waals surface area contributed by atoms with Crippen molar-refractivity contribution in [1.29, 1.82) is 0 Å². The molecule has 0 aliphatic carbocycles. The number of hydrogen-bond acceptors (Lipinski definition) is 9. The molecule has 0 spiro atoms. The van der Waals surface area contributed by atoms with E-state index >= 15 is 0 Å². The first kappa shape index (κ1) is 28.1. The van der Waals surface area contributed by atoms with Gasteiger partial charge in [0.1, 0.15) is 29.6 Å². The lowest BCUT2D eigenvalue weighted by Gasteiger charge is -2.23. The van der Waals surface area contributed by atoms with E-state index in [0.29, 0.717) is 22.8 Å². The molecule has 0 radical (unpaired) electrons. The molecule has 2 aromatic carbocycles. The van der Waals surface area contributed by atoms with Crippen molar-refractivity contribution < 1.29 is 36.6 Å². The van der Waals surface area contributed by atoms with Crippen molar-refractivity contribution in [3.8, 4) is 17.2 Å². The summed E-state index contributed by atoms with van der Waals surface area (Å²) in [5.41, 5.74) is 3.10. The smallest absolute Gasteiger partial charge is 0.260 e. The normalized spacial score (nSPS) is 11.1. The van der Waals surface area contributed by atoms with Crippen molar-refractivity contribution in [3.63, 3.8) is 0 Å². The summed E-state index contributed by atoms with van der Waals surface area (Å²) >= 11 is 0. The number of nitrogens with one attached hydrogen (secondary N) is 2. The molecule has 38 heavy (non-hydrogen) atoms. The number of sulfonamides is 1. The summed E-state index contributed by atoms with van der Waals surface area (Å²) in [6.45, 7) is -0.432. The van der Waals surface area contributed by atoms with Gasteiger partial charge in [-0.1, -0.05) is 0 Å². The number of nitrogens with zero attached hydrogens (tertiary/aromatic N) is 2. The first-order valence-electron chi connectivity index (χ1n) is 11.2. The van der Waals surface area contributed by atoms with Gasteiger partial charge in [-0.3, -0.25) is 13.9 Å². The molecule has 0 atom stereocenters. The highest BCUT2D eigenvalue weighted by Gasteiger charge is 2.24. The van der Waals surface area contributed by atoms with Gasteiger partial charge in [-0.05, 0) is 54.1 Å². The Morgan fingerprint density at radius 3 is 2.39 bits per heavy atom. The van der Waals surface area contributed by atoms with E-state index in [1.807, 2.05) is 0 Å². The van der Waals surface area contributed by atoms with Crippen LogP contribution in [0.4, 0.5) is 5.69 Å². The molecule has 2 N–H and O–H groups in total. The second-order valence-corrected chi connectivity index (χ2v) is 9.72. The maximum Gasteiger partial charge on any atom is 0.260 e. The third kappa shape index (κ3) is 8.27. The minimum absolute atomic E-state index is 0.152. The van der Waals surface area contributed by atoms with Crippen LogP contribution in [-0.2, 0) is 26.2 Å². The van der Waals surface area contributed by atoms with Gasteiger partial charge in [-0.2, -0.15) is 5.10 Å².